The van der Waals surface area contributed by atoms with Crippen LogP contribution in [-0.2, 0) is 19.6 Å². The first-order chi connectivity index (χ1) is 9.61. The summed E-state index contributed by atoms with van der Waals surface area (Å²) in [6, 6.07) is 0. The van der Waals surface area contributed by atoms with E-state index in [1.807, 2.05) is 0 Å². The van der Waals surface area contributed by atoms with Crippen molar-refractivity contribution in [3.05, 3.63) is 0 Å². The third-order valence-electron chi connectivity index (χ3n) is 3.99. The Morgan fingerprint density at radius 1 is 1.33 bits per heavy atom. The molecule has 3 atom stereocenters. The minimum absolute atomic E-state index is 0.0739. The predicted octanol–water partition coefficient (Wildman–Crippen LogP) is 0.131. The molecule has 0 aromatic carbocycles. The second-order valence-corrected chi connectivity index (χ2v) is 7.66. The molecule has 0 aromatic rings. The van der Waals surface area contributed by atoms with Crippen molar-refractivity contribution in [1.29, 1.82) is 0 Å². The largest absolute Gasteiger partial charge is 0.481 e. The van der Waals surface area contributed by atoms with Gasteiger partial charge in [0, 0.05) is 25.6 Å². The first kappa shape index (κ1) is 17.9. The van der Waals surface area contributed by atoms with E-state index in [0.29, 0.717) is 19.6 Å². The third-order valence-corrected chi connectivity index (χ3v) is 4.68. The van der Waals surface area contributed by atoms with Crippen LogP contribution in [-0.4, -0.2) is 56.2 Å². The zero-order valence-electron chi connectivity index (χ0n) is 12.7. The lowest BCUT2D eigenvalue weighted by atomic mass is 9.92. The lowest BCUT2D eigenvalue weighted by Crippen LogP contribution is -2.46. The second kappa shape index (κ2) is 7.22. The normalized spacial score (nSPS) is 22.6. The molecule has 1 heterocycles. The van der Waals surface area contributed by atoms with Crippen molar-refractivity contribution in [3.8, 4) is 0 Å². The molecule has 7 nitrogen and oxygen atoms in total. The summed E-state index contributed by atoms with van der Waals surface area (Å²) in [5.74, 6) is -2.39. The number of likely N-dealkylation sites (tertiary alicyclic amines) is 1. The monoisotopic (exact) mass is 320 g/mol. The zero-order valence-corrected chi connectivity index (χ0v) is 13.5. The van der Waals surface area contributed by atoms with Crippen LogP contribution in [0.25, 0.3) is 0 Å². The fourth-order valence-corrected chi connectivity index (χ4v) is 2.96. The molecule has 122 valence electrons. The number of hydrogen-bond donors (Lipinski definition) is 2. The molecule has 0 saturated carbocycles. The molecule has 0 radical (unpaired) electrons. The van der Waals surface area contributed by atoms with E-state index in [0.717, 1.165) is 19.1 Å². The van der Waals surface area contributed by atoms with E-state index in [2.05, 4.69) is 4.72 Å². The molecule has 1 aliphatic heterocycles. The second-order valence-electron chi connectivity index (χ2n) is 5.83. The van der Waals surface area contributed by atoms with Crippen molar-refractivity contribution in [2.45, 2.75) is 26.7 Å². The first-order valence-corrected chi connectivity index (χ1v) is 8.97. The van der Waals surface area contributed by atoms with E-state index in [1.54, 1.807) is 11.8 Å². The Labute approximate surface area is 125 Å². The van der Waals surface area contributed by atoms with Crippen molar-refractivity contribution in [1.82, 2.24) is 9.62 Å². The van der Waals surface area contributed by atoms with Gasteiger partial charge in [-0.3, -0.25) is 9.59 Å². The lowest BCUT2D eigenvalue weighted by molar-refractivity contribution is -0.149. The van der Waals surface area contributed by atoms with E-state index in [1.165, 1.54) is 6.92 Å². The predicted molar refractivity (Wildman–Crippen MR) is 78.1 cm³/mol. The topological polar surface area (TPSA) is 104 Å². The van der Waals surface area contributed by atoms with Crippen molar-refractivity contribution < 1.29 is 23.1 Å². The van der Waals surface area contributed by atoms with Gasteiger partial charge in [0.05, 0.1) is 12.2 Å². The number of rotatable bonds is 6. The first-order valence-electron chi connectivity index (χ1n) is 7.08. The zero-order chi connectivity index (χ0) is 16.2. The number of piperidine rings is 1. The highest BCUT2D eigenvalue weighted by atomic mass is 32.2. The van der Waals surface area contributed by atoms with Crippen LogP contribution in [0.4, 0.5) is 0 Å². The number of amides is 1. The number of nitrogens with zero attached hydrogens (tertiary/aromatic N) is 1. The Kier molecular flexibility index (Phi) is 6.15. The van der Waals surface area contributed by atoms with Crippen LogP contribution in [0.1, 0.15) is 26.7 Å². The number of sulfonamides is 1. The van der Waals surface area contributed by atoms with Gasteiger partial charge in [-0.1, -0.05) is 13.8 Å². The summed E-state index contributed by atoms with van der Waals surface area (Å²) in [6.45, 7) is 4.53. The Morgan fingerprint density at radius 3 is 2.48 bits per heavy atom. The van der Waals surface area contributed by atoms with Crippen LogP contribution in [0, 0.1) is 17.8 Å². The molecule has 8 heteroatoms. The fraction of sp³-hybridized carbons (Fsp3) is 0.846. The van der Waals surface area contributed by atoms with Gasteiger partial charge in [0.1, 0.15) is 0 Å². The molecule has 0 spiro atoms. The number of carbonyl (C=O) groups excluding carboxylic acids is 1. The minimum Gasteiger partial charge on any atom is -0.481 e. The number of hydrogen-bond acceptors (Lipinski definition) is 4. The van der Waals surface area contributed by atoms with Gasteiger partial charge >= 0.3 is 5.97 Å². The van der Waals surface area contributed by atoms with Crippen molar-refractivity contribution in [3.63, 3.8) is 0 Å². The van der Waals surface area contributed by atoms with Crippen LogP contribution in [0.3, 0.4) is 0 Å². The van der Waals surface area contributed by atoms with Crippen LogP contribution in [0.2, 0.25) is 0 Å². The lowest BCUT2D eigenvalue weighted by Gasteiger charge is -2.35. The molecule has 1 rings (SSSR count). The summed E-state index contributed by atoms with van der Waals surface area (Å²) in [5, 5.41) is 8.98. The van der Waals surface area contributed by atoms with E-state index < -0.39 is 27.8 Å². The quantitative estimate of drug-likeness (QED) is 0.724. The summed E-state index contributed by atoms with van der Waals surface area (Å²) in [4.78, 5) is 24.9. The molecule has 1 fully saturated rings. The van der Waals surface area contributed by atoms with E-state index in [-0.39, 0.29) is 11.8 Å². The van der Waals surface area contributed by atoms with Crippen LogP contribution < -0.4 is 4.72 Å². The van der Waals surface area contributed by atoms with Gasteiger partial charge < -0.3 is 10.0 Å². The van der Waals surface area contributed by atoms with Gasteiger partial charge in [-0.15, -0.1) is 0 Å². The SMILES string of the molecule is CC(C(=O)O)C(C)C(=O)N1CCCC(CNS(C)(=O)=O)C1. The maximum Gasteiger partial charge on any atom is 0.307 e. The average molecular weight is 320 g/mol. The summed E-state index contributed by atoms with van der Waals surface area (Å²) < 4.78 is 24.7. The fourth-order valence-electron chi connectivity index (χ4n) is 2.42. The molecule has 0 aromatic heterocycles. The van der Waals surface area contributed by atoms with Crippen LogP contribution in [0.5, 0.6) is 0 Å². The van der Waals surface area contributed by atoms with Gasteiger partial charge in [-0.2, -0.15) is 0 Å². The van der Waals surface area contributed by atoms with Gasteiger partial charge in [0.25, 0.3) is 0 Å². The van der Waals surface area contributed by atoms with Gasteiger partial charge in [-0.05, 0) is 18.8 Å². The number of carboxylic acids is 1. The van der Waals surface area contributed by atoms with Crippen molar-refractivity contribution in [2.24, 2.45) is 17.8 Å². The average Bonchev–Trinajstić information content (AvgIpc) is 2.42. The van der Waals surface area contributed by atoms with E-state index >= 15 is 0 Å². The maximum atomic E-state index is 12.3. The summed E-state index contributed by atoms with van der Waals surface area (Å²) in [6.07, 6.45) is 2.76. The molecule has 0 bridgehead atoms. The number of carboxylic acid groups (broad SMARTS) is 1. The Morgan fingerprint density at radius 2 is 1.95 bits per heavy atom. The summed E-state index contributed by atoms with van der Waals surface area (Å²) in [5.41, 5.74) is 0. The smallest absolute Gasteiger partial charge is 0.307 e. The molecule has 0 aliphatic carbocycles. The highest BCUT2D eigenvalue weighted by molar-refractivity contribution is 7.88. The summed E-state index contributed by atoms with van der Waals surface area (Å²) >= 11 is 0. The highest BCUT2D eigenvalue weighted by Crippen LogP contribution is 2.21. The van der Waals surface area contributed by atoms with Crippen molar-refractivity contribution in [2.75, 3.05) is 25.9 Å². The summed E-state index contributed by atoms with van der Waals surface area (Å²) in [7, 11) is -3.23. The Hall–Kier alpha value is -1.15. The number of carbonyl (C=O) groups is 2. The van der Waals surface area contributed by atoms with Crippen LogP contribution >= 0.6 is 0 Å². The standard InChI is InChI=1S/C13H24N2O5S/c1-9(10(2)13(17)18)12(16)15-6-4-5-11(8-15)7-14-21(3,19)20/h9-11,14H,4-8H2,1-3H3,(H,17,18). The maximum absolute atomic E-state index is 12.3. The Bertz CT molecular complexity index is 491. The molecule has 2 N–H and O–H groups in total. The molecular weight excluding hydrogens is 296 g/mol. The number of nitrogens with one attached hydrogen (secondary N) is 1. The molecule has 3 unspecified atom stereocenters. The molecule has 21 heavy (non-hydrogen) atoms. The molecular formula is C13H24N2O5S. The molecule has 1 amide bonds. The Balaban J connectivity index is 2.59. The third kappa shape index (κ3) is 5.62. The van der Waals surface area contributed by atoms with Crippen LogP contribution in [0.15, 0.2) is 0 Å². The van der Waals surface area contributed by atoms with E-state index in [9.17, 15) is 18.0 Å². The van der Waals surface area contributed by atoms with Gasteiger partial charge in [0.15, 0.2) is 0 Å². The highest BCUT2D eigenvalue weighted by Gasteiger charge is 2.32. The number of aliphatic carboxylic acids is 1. The van der Waals surface area contributed by atoms with Gasteiger partial charge in [0.2, 0.25) is 15.9 Å². The minimum atomic E-state index is -3.23. The van der Waals surface area contributed by atoms with Gasteiger partial charge in [-0.25, -0.2) is 13.1 Å². The molecule has 1 aliphatic rings. The van der Waals surface area contributed by atoms with Crippen molar-refractivity contribution >= 4 is 21.9 Å². The molecule has 1 saturated heterocycles. The van der Waals surface area contributed by atoms with E-state index in [4.69, 9.17) is 5.11 Å².